The summed E-state index contributed by atoms with van der Waals surface area (Å²) in [6, 6.07) is 11.0. The van der Waals surface area contributed by atoms with Crippen molar-refractivity contribution >= 4 is 23.2 Å². The number of aryl methyl sites for hydroxylation is 3. The molecule has 0 atom stereocenters. The third kappa shape index (κ3) is 4.83. The molecule has 5 nitrogen and oxygen atoms in total. The van der Waals surface area contributed by atoms with Gasteiger partial charge < -0.3 is 15.4 Å². The van der Waals surface area contributed by atoms with Crippen molar-refractivity contribution in [1.29, 1.82) is 0 Å². The van der Waals surface area contributed by atoms with Crippen LogP contribution in [0.15, 0.2) is 36.4 Å². The number of nitrogens with one attached hydrogen (secondary N) is 2. The van der Waals surface area contributed by atoms with E-state index in [4.69, 9.17) is 4.74 Å². The van der Waals surface area contributed by atoms with E-state index < -0.39 is 11.8 Å². The molecule has 0 aliphatic carbocycles. The molecule has 2 N–H and O–H groups in total. The lowest BCUT2D eigenvalue weighted by Gasteiger charge is -2.15. The molecule has 0 saturated carbocycles. The summed E-state index contributed by atoms with van der Waals surface area (Å²) in [6.07, 6.45) is -0.0373. The molecule has 0 saturated heterocycles. The minimum Gasteiger partial charge on any atom is -0.489 e. The summed E-state index contributed by atoms with van der Waals surface area (Å²) in [6.45, 7) is 9.59. The zero-order valence-corrected chi connectivity index (χ0v) is 15.3. The summed E-state index contributed by atoms with van der Waals surface area (Å²) >= 11 is 0. The molecular weight excluding hydrogens is 316 g/mol. The Kier molecular flexibility index (Phi) is 5.80. The van der Waals surface area contributed by atoms with Crippen LogP contribution in [0.3, 0.4) is 0 Å². The molecule has 25 heavy (non-hydrogen) atoms. The van der Waals surface area contributed by atoms with Crippen LogP contribution in [0.1, 0.15) is 30.5 Å². The Morgan fingerprint density at radius 3 is 2.08 bits per heavy atom. The van der Waals surface area contributed by atoms with E-state index in [1.807, 2.05) is 52.8 Å². The molecule has 0 spiro atoms. The normalized spacial score (nSPS) is 10.5. The van der Waals surface area contributed by atoms with Gasteiger partial charge in [-0.3, -0.25) is 9.59 Å². The number of anilines is 2. The maximum Gasteiger partial charge on any atom is 0.314 e. The van der Waals surface area contributed by atoms with E-state index >= 15 is 0 Å². The van der Waals surface area contributed by atoms with Gasteiger partial charge in [0.25, 0.3) is 0 Å². The highest BCUT2D eigenvalue weighted by Crippen LogP contribution is 2.25. The molecule has 2 rings (SSSR count). The smallest absolute Gasteiger partial charge is 0.314 e. The predicted molar refractivity (Wildman–Crippen MR) is 100 cm³/mol. The van der Waals surface area contributed by atoms with Gasteiger partial charge in [-0.25, -0.2) is 0 Å². The van der Waals surface area contributed by atoms with Gasteiger partial charge in [-0.15, -0.1) is 0 Å². The highest BCUT2D eigenvalue weighted by atomic mass is 16.5. The Balaban J connectivity index is 2.13. The van der Waals surface area contributed by atoms with Gasteiger partial charge >= 0.3 is 11.8 Å². The third-order valence-corrected chi connectivity index (χ3v) is 3.62. The Bertz CT molecular complexity index is 774. The average molecular weight is 340 g/mol. The molecule has 0 aliphatic heterocycles. The van der Waals surface area contributed by atoms with Crippen LogP contribution in [0, 0.1) is 20.8 Å². The molecule has 2 aromatic carbocycles. The van der Waals surface area contributed by atoms with Gasteiger partial charge in [0.15, 0.2) is 0 Å². The monoisotopic (exact) mass is 340 g/mol. The van der Waals surface area contributed by atoms with E-state index in [1.165, 1.54) is 0 Å². The van der Waals surface area contributed by atoms with Crippen LogP contribution in [-0.2, 0) is 9.59 Å². The summed E-state index contributed by atoms with van der Waals surface area (Å²) in [7, 11) is 0. The van der Waals surface area contributed by atoms with E-state index in [9.17, 15) is 9.59 Å². The molecule has 0 unspecified atom stereocenters. The number of carbonyl (C=O) groups is 2. The molecule has 2 amide bonds. The third-order valence-electron chi connectivity index (χ3n) is 3.62. The van der Waals surface area contributed by atoms with Crippen LogP contribution in [0.25, 0.3) is 0 Å². The fourth-order valence-corrected chi connectivity index (χ4v) is 2.65. The van der Waals surface area contributed by atoms with Crippen molar-refractivity contribution < 1.29 is 14.3 Å². The van der Waals surface area contributed by atoms with Crippen LogP contribution in [0.5, 0.6) is 5.75 Å². The van der Waals surface area contributed by atoms with E-state index in [2.05, 4.69) is 10.6 Å². The van der Waals surface area contributed by atoms with E-state index in [-0.39, 0.29) is 6.10 Å². The molecule has 0 aromatic heterocycles. The minimum absolute atomic E-state index is 0.0373. The molecule has 0 bridgehead atoms. The standard InChI is InChI=1S/C20H24N2O3/c1-12(2)25-17-9-7-6-8-16(17)21-19(23)20(24)22-18-14(4)10-13(3)11-15(18)5/h6-12H,1-5H3,(H,21,23)(H,22,24). The van der Waals surface area contributed by atoms with Crippen molar-refractivity contribution in [3.63, 3.8) is 0 Å². The highest BCUT2D eigenvalue weighted by molar-refractivity contribution is 6.44. The molecule has 2 aromatic rings. The Hall–Kier alpha value is -2.82. The largest absolute Gasteiger partial charge is 0.489 e. The van der Waals surface area contributed by atoms with Crippen LogP contribution in [0.2, 0.25) is 0 Å². The molecule has 5 heteroatoms. The van der Waals surface area contributed by atoms with Crippen LogP contribution >= 0.6 is 0 Å². The van der Waals surface area contributed by atoms with E-state index in [0.717, 1.165) is 16.7 Å². The number of benzene rings is 2. The van der Waals surface area contributed by atoms with Gasteiger partial charge in [0.2, 0.25) is 0 Å². The second-order valence-electron chi connectivity index (χ2n) is 6.34. The predicted octanol–water partition coefficient (Wildman–Crippen LogP) is 3.98. The van der Waals surface area contributed by atoms with Crippen molar-refractivity contribution in [2.24, 2.45) is 0 Å². The Morgan fingerprint density at radius 1 is 0.920 bits per heavy atom. The Morgan fingerprint density at radius 2 is 1.48 bits per heavy atom. The second-order valence-corrected chi connectivity index (χ2v) is 6.34. The van der Waals surface area contributed by atoms with Crippen LogP contribution < -0.4 is 15.4 Å². The lowest BCUT2D eigenvalue weighted by Crippen LogP contribution is -2.30. The molecule has 0 aliphatic rings. The maximum absolute atomic E-state index is 12.3. The average Bonchev–Trinajstić information content (AvgIpc) is 2.52. The van der Waals surface area contributed by atoms with Gasteiger partial charge in [-0.1, -0.05) is 29.8 Å². The first-order chi connectivity index (χ1) is 11.8. The van der Waals surface area contributed by atoms with Gasteiger partial charge in [-0.05, 0) is 57.9 Å². The van der Waals surface area contributed by atoms with Gasteiger partial charge in [0, 0.05) is 5.69 Å². The molecule has 0 fully saturated rings. The minimum atomic E-state index is -0.737. The fourth-order valence-electron chi connectivity index (χ4n) is 2.65. The SMILES string of the molecule is Cc1cc(C)c(NC(=O)C(=O)Nc2ccccc2OC(C)C)c(C)c1. The number of rotatable bonds is 4. The number of carbonyl (C=O) groups excluding carboxylic acids is 2. The topological polar surface area (TPSA) is 67.4 Å². The zero-order chi connectivity index (χ0) is 18.6. The summed E-state index contributed by atoms with van der Waals surface area (Å²) in [5.74, 6) is -0.921. The van der Waals surface area contributed by atoms with Gasteiger partial charge in [0.05, 0.1) is 11.8 Å². The maximum atomic E-state index is 12.3. The highest BCUT2D eigenvalue weighted by Gasteiger charge is 2.18. The van der Waals surface area contributed by atoms with Crippen molar-refractivity contribution in [2.45, 2.75) is 40.7 Å². The van der Waals surface area contributed by atoms with Crippen molar-refractivity contribution in [2.75, 3.05) is 10.6 Å². The molecule has 0 radical (unpaired) electrons. The molecule has 132 valence electrons. The number of amides is 2. The van der Waals surface area contributed by atoms with Crippen molar-refractivity contribution in [3.8, 4) is 5.75 Å². The summed E-state index contributed by atoms with van der Waals surface area (Å²) < 4.78 is 5.65. The fraction of sp³-hybridized carbons (Fsp3) is 0.300. The quantitative estimate of drug-likeness (QED) is 0.827. The van der Waals surface area contributed by atoms with Gasteiger partial charge in [-0.2, -0.15) is 0 Å². The molecule has 0 heterocycles. The van der Waals surface area contributed by atoms with E-state index in [1.54, 1.807) is 18.2 Å². The first kappa shape index (κ1) is 18.5. The number of ether oxygens (including phenoxy) is 1. The van der Waals surface area contributed by atoms with E-state index in [0.29, 0.717) is 17.1 Å². The van der Waals surface area contributed by atoms with Gasteiger partial charge in [0.1, 0.15) is 5.75 Å². The van der Waals surface area contributed by atoms with Crippen LogP contribution in [-0.4, -0.2) is 17.9 Å². The number of hydrogen-bond donors (Lipinski definition) is 2. The number of para-hydroxylation sites is 2. The van der Waals surface area contributed by atoms with Crippen LogP contribution in [0.4, 0.5) is 11.4 Å². The summed E-state index contributed by atoms with van der Waals surface area (Å²) in [4.78, 5) is 24.5. The lowest BCUT2D eigenvalue weighted by atomic mass is 10.1. The Labute approximate surface area is 148 Å². The zero-order valence-electron chi connectivity index (χ0n) is 15.3. The number of hydrogen-bond acceptors (Lipinski definition) is 3. The second kappa shape index (κ2) is 7.83. The summed E-state index contributed by atoms with van der Waals surface area (Å²) in [5.41, 5.74) is 4.08. The van der Waals surface area contributed by atoms with Crippen molar-refractivity contribution in [3.05, 3.63) is 53.1 Å². The first-order valence-electron chi connectivity index (χ1n) is 8.23. The van der Waals surface area contributed by atoms with Crippen molar-refractivity contribution in [1.82, 2.24) is 0 Å². The lowest BCUT2D eigenvalue weighted by molar-refractivity contribution is -0.133. The summed E-state index contributed by atoms with van der Waals surface area (Å²) in [5, 5.41) is 5.30. The first-order valence-corrected chi connectivity index (χ1v) is 8.23. The molecular formula is C20H24N2O3.